The Bertz CT molecular complexity index is 1670. The van der Waals surface area contributed by atoms with Crippen LogP contribution in [-0.4, -0.2) is 51.0 Å². The summed E-state index contributed by atoms with van der Waals surface area (Å²) < 4.78 is 40.7. The molecule has 1 amide bonds. The zero-order chi connectivity index (χ0) is 30.2. The highest BCUT2D eigenvalue weighted by atomic mass is 19.4. The summed E-state index contributed by atoms with van der Waals surface area (Å²) in [5.74, 6) is -0.209. The van der Waals surface area contributed by atoms with Gasteiger partial charge in [-0.05, 0) is 61.6 Å². The molecule has 2 aromatic carbocycles. The molecule has 0 atom stereocenters. The molecule has 1 aliphatic rings. The molecule has 1 aliphatic carbocycles. The number of nitrogens with one attached hydrogen (secondary N) is 2. The molecule has 220 valence electrons. The monoisotopic (exact) mass is 578 g/mol. The quantitative estimate of drug-likeness (QED) is 0.187. The summed E-state index contributed by atoms with van der Waals surface area (Å²) >= 11 is 0. The molecule has 42 heavy (non-hydrogen) atoms. The zero-order valence-corrected chi connectivity index (χ0v) is 23.7. The number of imidazole rings is 1. The molecule has 0 aliphatic heterocycles. The van der Waals surface area contributed by atoms with E-state index in [9.17, 15) is 27.9 Å². The number of Topliss-reactive ketones (excluding diaryl/α,β-unsaturated/α-hetero) is 1. The van der Waals surface area contributed by atoms with Crippen molar-refractivity contribution >= 4 is 23.0 Å². The van der Waals surface area contributed by atoms with E-state index in [-0.39, 0.29) is 24.8 Å². The smallest absolute Gasteiger partial charge is 0.390 e. The number of hydrogen-bond acceptors (Lipinski definition) is 5. The van der Waals surface area contributed by atoms with Crippen LogP contribution in [0.2, 0.25) is 0 Å². The Morgan fingerprint density at radius 3 is 2.29 bits per heavy atom. The lowest BCUT2D eigenvalue weighted by Crippen LogP contribution is -2.39. The number of halogens is 3. The molecular formula is C32H33F3N4O3. The molecule has 0 bridgehead atoms. The average Bonchev–Trinajstić information content (AvgIpc) is 3.58. The summed E-state index contributed by atoms with van der Waals surface area (Å²) in [6.45, 7) is 5.08. The lowest BCUT2D eigenvalue weighted by molar-refractivity contribution is -0.131. The number of fused-ring (bicyclic) bond motifs is 1. The molecule has 0 unspecified atom stereocenters. The van der Waals surface area contributed by atoms with Crippen LogP contribution in [0.25, 0.3) is 28.0 Å². The number of carbonyl (C=O) groups is 2. The van der Waals surface area contributed by atoms with E-state index in [1.807, 2.05) is 49.6 Å². The van der Waals surface area contributed by atoms with Crippen molar-refractivity contribution in [2.75, 3.05) is 18.5 Å². The van der Waals surface area contributed by atoms with Crippen LogP contribution in [0.15, 0.2) is 54.9 Å². The number of alkyl halides is 3. The van der Waals surface area contributed by atoms with E-state index in [4.69, 9.17) is 0 Å². The highest BCUT2D eigenvalue weighted by Crippen LogP contribution is 2.36. The van der Waals surface area contributed by atoms with Gasteiger partial charge in [-0.15, -0.1) is 0 Å². The highest BCUT2D eigenvalue weighted by Gasteiger charge is 2.43. The minimum Gasteiger partial charge on any atom is -0.394 e. The van der Waals surface area contributed by atoms with Gasteiger partial charge in [0.1, 0.15) is 0 Å². The van der Waals surface area contributed by atoms with Crippen LogP contribution in [0.5, 0.6) is 0 Å². The predicted octanol–water partition coefficient (Wildman–Crippen LogP) is 6.50. The Kier molecular flexibility index (Phi) is 7.85. The first-order valence-electron chi connectivity index (χ1n) is 13.9. The first-order valence-corrected chi connectivity index (χ1v) is 13.9. The van der Waals surface area contributed by atoms with Gasteiger partial charge in [0.15, 0.2) is 11.4 Å². The fourth-order valence-electron chi connectivity index (χ4n) is 5.13. The maximum atomic E-state index is 12.9. The zero-order valence-electron chi connectivity index (χ0n) is 23.7. The van der Waals surface area contributed by atoms with E-state index < -0.39 is 18.1 Å². The number of amides is 1. The summed E-state index contributed by atoms with van der Waals surface area (Å²) in [5, 5.41) is 15.4. The molecule has 10 heteroatoms. The Hall–Kier alpha value is -4.18. The number of aromatic nitrogens is 2. The largest absolute Gasteiger partial charge is 0.394 e. The Morgan fingerprint density at radius 1 is 1.00 bits per heavy atom. The number of pyridine rings is 1. The first kappa shape index (κ1) is 29.3. The van der Waals surface area contributed by atoms with E-state index in [0.717, 1.165) is 46.4 Å². The lowest BCUT2D eigenvalue weighted by atomic mass is 9.99. The van der Waals surface area contributed by atoms with Crippen LogP contribution >= 0.6 is 0 Å². The third-order valence-corrected chi connectivity index (χ3v) is 7.81. The number of aliphatic hydroxyl groups excluding tert-OH is 1. The van der Waals surface area contributed by atoms with Gasteiger partial charge < -0.3 is 15.7 Å². The first-order chi connectivity index (χ1) is 19.9. The van der Waals surface area contributed by atoms with Gasteiger partial charge in [-0.3, -0.25) is 14.0 Å². The van der Waals surface area contributed by atoms with Gasteiger partial charge in [0.05, 0.1) is 36.1 Å². The number of benzene rings is 2. The summed E-state index contributed by atoms with van der Waals surface area (Å²) in [5.41, 5.74) is 6.08. The minimum absolute atomic E-state index is 0.0480. The normalized spacial score (nSPS) is 14.2. The number of hydrogen-bond donors (Lipinski definition) is 3. The average molecular weight is 579 g/mol. The molecule has 4 aromatic rings. The second-order valence-electron chi connectivity index (χ2n) is 11.0. The molecule has 5 rings (SSSR count). The molecule has 0 spiro atoms. The van der Waals surface area contributed by atoms with Gasteiger partial charge in [-0.25, -0.2) is 4.98 Å². The SMILES string of the molecule is CCC(=O)c1ccc(-c2cnc3c(NCCC(F)(F)F)cc(-c4ccc(C(=O)NC5(CO)CC5)c(C)c4)cn23)cc1C. The van der Waals surface area contributed by atoms with Crippen LogP contribution in [0.4, 0.5) is 18.9 Å². The van der Waals surface area contributed by atoms with Gasteiger partial charge in [0.2, 0.25) is 0 Å². The third-order valence-electron chi connectivity index (χ3n) is 7.81. The maximum Gasteiger partial charge on any atom is 0.390 e. The summed E-state index contributed by atoms with van der Waals surface area (Å²) in [7, 11) is 0. The molecule has 0 saturated heterocycles. The van der Waals surface area contributed by atoms with Gasteiger partial charge in [0.25, 0.3) is 5.91 Å². The second-order valence-corrected chi connectivity index (χ2v) is 11.0. The van der Waals surface area contributed by atoms with Crippen LogP contribution in [0, 0.1) is 13.8 Å². The Morgan fingerprint density at radius 2 is 1.67 bits per heavy atom. The van der Waals surface area contributed by atoms with Crippen molar-refractivity contribution in [3.8, 4) is 22.4 Å². The summed E-state index contributed by atoms with van der Waals surface area (Å²) in [6.07, 6.45) is 0.0981. The number of ketones is 1. The van der Waals surface area contributed by atoms with Crippen LogP contribution in [-0.2, 0) is 0 Å². The van der Waals surface area contributed by atoms with E-state index in [2.05, 4.69) is 15.6 Å². The van der Waals surface area contributed by atoms with Crippen LogP contribution < -0.4 is 10.6 Å². The number of nitrogens with zero attached hydrogens (tertiary/aromatic N) is 2. The molecule has 1 fully saturated rings. The number of anilines is 1. The fraction of sp³-hybridized carbons (Fsp3) is 0.344. The molecule has 0 radical (unpaired) electrons. The molecule has 7 nitrogen and oxygen atoms in total. The molecule has 2 aromatic heterocycles. The maximum absolute atomic E-state index is 12.9. The van der Waals surface area contributed by atoms with E-state index in [1.54, 1.807) is 30.5 Å². The van der Waals surface area contributed by atoms with Crippen LogP contribution in [0.3, 0.4) is 0 Å². The van der Waals surface area contributed by atoms with Crippen molar-refractivity contribution < 1.29 is 27.9 Å². The molecule has 3 N–H and O–H groups in total. The molecular weight excluding hydrogens is 545 g/mol. The van der Waals surface area contributed by atoms with Crippen molar-refractivity contribution in [2.24, 2.45) is 0 Å². The second kappa shape index (κ2) is 11.2. The molecule has 2 heterocycles. The highest BCUT2D eigenvalue weighted by molar-refractivity contribution is 5.98. The fourth-order valence-corrected chi connectivity index (χ4v) is 5.13. The van der Waals surface area contributed by atoms with E-state index >= 15 is 0 Å². The predicted molar refractivity (Wildman–Crippen MR) is 156 cm³/mol. The van der Waals surface area contributed by atoms with Crippen molar-refractivity contribution in [3.63, 3.8) is 0 Å². The molecule has 1 saturated carbocycles. The van der Waals surface area contributed by atoms with Gasteiger partial charge >= 0.3 is 6.18 Å². The minimum atomic E-state index is -4.31. The Balaban J connectivity index is 1.55. The van der Waals surface area contributed by atoms with Crippen molar-refractivity contribution in [2.45, 2.75) is 58.2 Å². The van der Waals surface area contributed by atoms with Crippen molar-refractivity contribution in [1.82, 2.24) is 14.7 Å². The van der Waals surface area contributed by atoms with E-state index in [1.165, 1.54) is 0 Å². The number of aryl methyl sites for hydroxylation is 2. The number of rotatable bonds is 10. The van der Waals surface area contributed by atoms with Crippen molar-refractivity contribution in [1.29, 1.82) is 0 Å². The van der Waals surface area contributed by atoms with Crippen LogP contribution in [0.1, 0.15) is 64.4 Å². The topological polar surface area (TPSA) is 95.7 Å². The van der Waals surface area contributed by atoms with Gasteiger partial charge in [-0.1, -0.05) is 31.2 Å². The Labute approximate surface area is 241 Å². The summed E-state index contributed by atoms with van der Waals surface area (Å²) in [6, 6.07) is 12.7. The van der Waals surface area contributed by atoms with E-state index in [0.29, 0.717) is 28.9 Å². The standard InChI is InChI=1S/C32H33F3N4O3/c1-4-28(41)24-7-6-22(14-19(24)2)27-16-37-29-26(36-12-11-32(33,34)35)15-23(17-39(27)29)21-5-8-25(20(3)13-21)30(42)38-31(18-40)9-10-31/h5-8,13-17,36,40H,4,9-12,18H2,1-3H3,(H,38,42). The number of carbonyl (C=O) groups excluding carboxylic acids is 2. The lowest BCUT2D eigenvalue weighted by Gasteiger charge is -2.17. The third kappa shape index (κ3) is 6.04. The summed E-state index contributed by atoms with van der Waals surface area (Å²) in [4.78, 5) is 29.7. The van der Waals surface area contributed by atoms with Gasteiger partial charge in [0, 0.05) is 41.4 Å². The van der Waals surface area contributed by atoms with Crippen molar-refractivity contribution in [3.05, 3.63) is 77.1 Å². The van der Waals surface area contributed by atoms with Gasteiger partial charge in [-0.2, -0.15) is 13.2 Å². The number of aliphatic hydroxyl groups is 1.